The summed E-state index contributed by atoms with van der Waals surface area (Å²) in [6, 6.07) is 17.4. The molecule has 0 spiro atoms. The molecule has 1 aliphatic heterocycles. The van der Waals surface area contributed by atoms with Gasteiger partial charge in [0.05, 0.1) is 12.6 Å². The third-order valence-corrected chi connectivity index (χ3v) is 4.30. The van der Waals surface area contributed by atoms with Gasteiger partial charge in [-0.05, 0) is 31.0 Å². The van der Waals surface area contributed by atoms with Crippen molar-refractivity contribution in [1.82, 2.24) is 10.6 Å². The van der Waals surface area contributed by atoms with Crippen molar-refractivity contribution in [2.24, 2.45) is 0 Å². The second-order valence-electron chi connectivity index (χ2n) is 6.41. The molecule has 0 saturated heterocycles. The number of benzene rings is 2. The van der Waals surface area contributed by atoms with E-state index in [1.807, 2.05) is 61.5 Å². The van der Waals surface area contributed by atoms with Crippen molar-refractivity contribution in [3.8, 4) is 11.5 Å². The molecule has 2 atom stereocenters. The summed E-state index contributed by atoms with van der Waals surface area (Å²) in [5.41, 5.74) is 1.15. The summed E-state index contributed by atoms with van der Waals surface area (Å²) in [7, 11) is 0. The van der Waals surface area contributed by atoms with Crippen molar-refractivity contribution in [3.63, 3.8) is 0 Å². The van der Waals surface area contributed by atoms with Crippen LogP contribution in [0.1, 0.15) is 25.0 Å². The normalized spacial score (nSPS) is 16.4. The Morgan fingerprint density at radius 3 is 2.67 bits per heavy atom. The lowest BCUT2D eigenvalue weighted by Crippen LogP contribution is -2.44. The lowest BCUT2D eigenvalue weighted by molar-refractivity contribution is 0.0643. The molecule has 0 fully saturated rings. The molecule has 0 radical (unpaired) electrons. The van der Waals surface area contributed by atoms with Crippen LogP contribution in [0.15, 0.2) is 54.6 Å². The predicted molar refractivity (Wildman–Crippen MR) is 103 cm³/mol. The molecule has 2 N–H and O–H groups in total. The fourth-order valence-corrected chi connectivity index (χ4v) is 2.79. The SMILES string of the molecule is C[C@H](OCCCNC(=O)NC[C@@H]1COc2ccccc2O1)c1ccccc1. The number of amides is 2. The fraction of sp³-hybridized carbons (Fsp3) is 0.381. The monoisotopic (exact) mass is 370 g/mol. The van der Waals surface area contributed by atoms with E-state index < -0.39 is 0 Å². The smallest absolute Gasteiger partial charge is 0.314 e. The summed E-state index contributed by atoms with van der Waals surface area (Å²) in [6.45, 7) is 3.98. The van der Waals surface area contributed by atoms with E-state index in [2.05, 4.69) is 10.6 Å². The lowest BCUT2D eigenvalue weighted by Gasteiger charge is -2.26. The van der Waals surface area contributed by atoms with E-state index in [9.17, 15) is 4.79 Å². The molecule has 6 heteroatoms. The highest BCUT2D eigenvalue weighted by atomic mass is 16.6. The van der Waals surface area contributed by atoms with E-state index in [0.717, 1.165) is 17.7 Å². The van der Waals surface area contributed by atoms with Crippen LogP contribution in [0.25, 0.3) is 0 Å². The molecule has 6 nitrogen and oxygen atoms in total. The van der Waals surface area contributed by atoms with E-state index in [0.29, 0.717) is 32.1 Å². The second kappa shape index (κ2) is 9.83. The average molecular weight is 370 g/mol. The van der Waals surface area contributed by atoms with Gasteiger partial charge in [-0.25, -0.2) is 4.79 Å². The first-order valence-electron chi connectivity index (χ1n) is 9.29. The summed E-state index contributed by atoms with van der Waals surface area (Å²) < 4.78 is 17.2. The lowest BCUT2D eigenvalue weighted by atomic mass is 10.1. The molecule has 0 bridgehead atoms. The minimum atomic E-state index is -0.214. The van der Waals surface area contributed by atoms with Gasteiger partial charge in [-0.2, -0.15) is 0 Å². The second-order valence-corrected chi connectivity index (χ2v) is 6.41. The van der Waals surface area contributed by atoms with Gasteiger partial charge in [-0.1, -0.05) is 42.5 Å². The summed E-state index contributed by atoms with van der Waals surface area (Å²) in [4.78, 5) is 11.9. The van der Waals surface area contributed by atoms with Crippen molar-refractivity contribution in [3.05, 3.63) is 60.2 Å². The molecule has 1 aliphatic rings. The molecule has 0 saturated carbocycles. The highest BCUT2D eigenvalue weighted by Crippen LogP contribution is 2.30. The minimum Gasteiger partial charge on any atom is -0.486 e. The molecule has 27 heavy (non-hydrogen) atoms. The number of nitrogens with one attached hydrogen (secondary N) is 2. The van der Waals surface area contributed by atoms with Crippen LogP contribution in [0, 0.1) is 0 Å². The van der Waals surface area contributed by atoms with Gasteiger partial charge in [0.1, 0.15) is 6.61 Å². The van der Waals surface area contributed by atoms with Crippen LogP contribution in [0.3, 0.4) is 0 Å². The van der Waals surface area contributed by atoms with Gasteiger partial charge in [0, 0.05) is 13.2 Å². The summed E-state index contributed by atoms with van der Waals surface area (Å²) in [6.07, 6.45) is 0.605. The first-order chi connectivity index (χ1) is 13.2. The molecule has 0 aliphatic carbocycles. The number of carbonyl (C=O) groups is 1. The maximum absolute atomic E-state index is 11.9. The maximum atomic E-state index is 11.9. The molecule has 2 amide bonds. The van der Waals surface area contributed by atoms with Crippen LogP contribution >= 0.6 is 0 Å². The molecule has 144 valence electrons. The van der Waals surface area contributed by atoms with Gasteiger partial charge in [-0.3, -0.25) is 0 Å². The van der Waals surface area contributed by atoms with Gasteiger partial charge in [0.2, 0.25) is 0 Å². The number of hydrogen-bond acceptors (Lipinski definition) is 4. The van der Waals surface area contributed by atoms with Gasteiger partial charge >= 0.3 is 6.03 Å². The van der Waals surface area contributed by atoms with Crippen LogP contribution in [-0.2, 0) is 4.74 Å². The van der Waals surface area contributed by atoms with Gasteiger partial charge < -0.3 is 24.8 Å². The first-order valence-corrected chi connectivity index (χ1v) is 9.29. The Morgan fingerprint density at radius 2 is 1.85 bits per heavy atom. The van der Waals surface area contributed by atoms with Gasteiger partial charge in [0.15, 0.2) is 17.6 Å². The van der Waals surface area contributed by atoms with Crippen LogP contribution in [0.5, 0.6) is 11.5 Å². The summed E-state index contributed by atoms with van der Waals surface area (Å²) in [5, 5.41) is 5.64. The Kier molecular flexibility index (Phi) is 6.93. The molecule has 2 aromatic carbocycles. The zero-order valence-electron chi connectivity index (χ0n) is 15.5. The van der Waals surface area contributed by atoms with Crippen molar-refractivity contribution in [1.29, 1.82) is 0 Å². The van der Waals surface area contributed by atoms with Crippen LogP contribution < -0.4 is 20.1 Å². The number of hydrogen-bond donors (Lipinski definition) is 2. The summed E-state index contributed by atoms with van der Waals surface area (Å²) >= 11 is 0. The molecule has 1 heterocycles. The van der Waals surface area contributed by atoms with Crippen molar-refractivity contribution in [2.45, 2.75) is 25.6 Å². The number of ether oxygens (including phenoxy) is 3. The Balaban J connectivity index is 1.26. The average Bonchev–Trinajstić information content (AvgIpc) is 2.72. The summed E-state index contributed by atoms with van der Waals surface area (Å²) in [5.74, 6) is 1.45. The van der Waals surface area contributed by atoms with Gasteiger partial charge in [-0.15, -0.1) is 0 Å². The Morgan fingerprint density at radius 1 is 1.11 bits per heavy atom. The molecule has 0 aromatic heterocycles. The van der Waals surface area contributed by atoms with E-state index in [-0.39, 0.29) is 18.2 Å². The Hall–Kier alpha value is -2.73. The van der Waals surface area contributed by atoms with Crippen molar-refractivity contribution >= 4 is 6.03 Å². The zero-order valence-corrected chi connectivity index (χ0v) is 15.5. The standard InChI is InChI=1S/C21H26N2O4/c1-16(17-8-3-2-4-9-17)25-13-7-12-22-21(24)23-14-18-15-26-19-10-5-6-11-20(19)27-18/h2-6,8-11,16,18H,7,12-15H2,1H3,(H2,22,23,24)/t16-,18+/m0/s1. The van der Waals surface area contributed by atoms with Crippen molar-refractivity contribution in [2.75, 3.05) is 26.3 Å². The largest absolute Gasteiger partial charge is 0.486 e. The van der Waals surface area contributed by atoms with Crippen LogP contribution in [-0.4, -0.2) is 38.4 Å². The van der Waals surface area contributed by atoms with E-state index in [1.54, 1.807) is 0 Å². The molecule has 0 unspecified atom stereocenters. The molecule has 3 rings (SSSR count). The maximum Gasteiger partial charge on any atom is 0.314 e. The van der Waals surface area contributed by atoms with Crippen LogP contribution in [0.2, 0.25) is 0 Å². The number of rotatable bonds is 8. The fourth-order valence-electron chi connectivity index (χ4n) is 2.79. The predicted octanol–water partition coefficient (Wildman–Crippen LogP) is 3.29. The van der Waals surface area contributed by atoms with E-state index >= 15 is 0 Å². The van der Waals surface area contributed by atoms with Gasteiger partial charge in [0.25, 0.3) is 0 Å². The van der Waals surface area contributed by atoms with E-state index in [4.69, 9.17) is 14.2 Å². The quantitative estimate of drug-likeness (QED) is 0.700. The Bertz CT molecular complexity index is 723. The number of carbonyl (C=O) groups excluding carboxylic acids is 1. The number of fused-ring (bicyclic) bond motifs is 1. The third kappa shape index (κ3) is 5.89. The zero-order chi connectivity index (χ0) is 18.9. The molecule has 2 aromatic rings. The number of para-hydroxylation sites is 2. The molecular formula is C21H26N2O4. The van der Waals surface area contributed by atoms with E-state index in [1.165, 1.54) is 0 Å². The number of urea groups is 1. The van der Waals surface area contributed by atoms with Crippen molar-refractivity contribution < 1.29 is 19.0 Å². The Labute approximate surface area is 159 Å². The van der Waals surface area contributed by atoms with Crippen LogP contribution in [0.4, 0.5) is 4.79 Å². The highest BCUT2D eigenvalue weighted by molar-refractivity contribution is 5.73. The minimum absolute atomic E-state index is 0.0476. The third-order valence-electron chi connectivity index (χ3n) is 4.30. The topological polar surface area (TPSA) is 68.8 Å². The molecular weight excluding hydrogens is 344 g/mol. The first kappa shape index (κ1) is 19.0. The highest BCUT2D eigenvalue weighted by Gasteiger charge is 2.20.